The van der Waals surface area contributed by atoms with Crippen LogP contribution in [0.1, 0.15) is 44.2 Å². The summed E-state index contributed by atoms with van der Waals surface area (Å²) in [5.41, 5.74) is 0.912. The number of benzene rings is 1. The van der Waals surface area contributed by atoms with Crippen LogP contribution in [0.5, 0.6) is 0 Å². The highest BCUT2D eigenvalue weighted by molar-refractivity contribution is 6.04. The summed E-state index contributed by atoms with van der Waals surface area (Å²) in [4.78, 5) is 40.0. The summed E-state index contributed by atoms with van der Waals surface area (Å²) >= 11 is 0. The highest BCUT2D eigenvalue weighted by Gasteiger charge is 2.41. The van der Waals surface area contributed by atoms with Gasteiger partial charge in [0.05, 0.1) is 6.04 Å². The van der Waals surface area contributed by atoms with Crippen molar-refractivity contribution in [2.45, 2.75) is 44.7 Å². The zero-order chi connectivity index (χ0) is 17.1. The number of hydrogen-bond acceptors (Lipinski definition) is 3. The molecule has 24 heavy (non-hydrogen) atoms. The fourth-order valence-corrected chi connectivity index (χ4v) is 3.38. The van der Waals surface area contributed by atoms with Gasteiger partial charge in [0, 0.05) is 19.5 Å². The fraction of sp³-hybridized carbons (Fsp3) is 0.500. The van der Waals surface area contributed by atoms with Crippen molar-refractivity contribution in [2.75, 3.05) is 13.1 Å². The molecule has 4 amide bonds. The Hall–Kier alpha value is -2.37. The van der Waals surface area contributed by atoms with Crippen molar-refractivity contribution in [2.24, 2.45) is 0 Å². The molecular formula is C18H23N3O3. The van der Waals surface area contributed by atoms with E-state index < -0.39 is 6.04 Å². The fourth-order valence-electron chi connectivity index (χ4n) is 3.38. The van der Waals surface area contributed by atoms with Crippen LogP contribution in [0.4, 0.5) is 4.79 Å². The Morgan fingerprint density at radius 2 is 1.88 bits per heavy atom. The molecule has 0 aliphatic carbocycles. The molecule has 2 saturated heterocycles. The van der Waals surface area contributed by atoms with Crippen LogP contribution in [-0.2, 0) is 9.59 Å². The lowest BCUT2D eigenvalue weighted by atomic mass is 10.1. The van der Waals surface area contributed by atoms with E-state index in [1.54, 1.807) is 0 Å². The van der Waals surface area contributed by atoms with Crippen molar-refractivity contribution in [1.82, 2.24) is 15.1 Å². The number of nitrogens with zero attached hydrogens (tertiary/aromatic N) is 2. The van der Waals surface area contributed by atoms with Crippen molar-refractivity contribution in [3.63, 3.8) is 0 Å². The van der Waals surface area contributed by atoms with E-state index in [1.807, 2.05) is 42.2 Å². The average molecular weight is 329 g/mol. The number of urea groups is 1. The molecule has 1 aromatic carbocycles. The van der Waals surface area contributed by atoms with Crippen molar-refractivity contribution in [3.8, 4) is 0 Å². The van der Waals surface area contributed by atoms with Gasteiger partial charge in [-0.25, -0.2) is 4.79 Å². The van der Waals surface area contributed by atoms with E-state index in [0.717, 1.165) is 31.5 Å². The summed E-state index contributed by atoms with van der Waals surface area (Å²) in [6.45, 7) is 3.45. The van der Waals surface area contributed by atoms with Crippen LogP contribution in [0, 0.1) is 0 Å². The van der Waals surface area contributed by atoms with Gasteiger partial charge in [0.15, 0.2) is 0 Å². The van der Waals surface area contributed by atoms with E-state index in [4.69, 9.17) is 0 Å². The third-order valence-corrected chi connectivity index (χ3v) is 4.83. The Labute approximate surface area is 141 Å². The standard InChI is InChI=1S/C18H23N3O3/c1-13(14-7-3-2-4-8-14)21-17(23)15(19-18(21)24)9-10-16(22)20-11-5-6-12-20/h2-4,7-8,13,15H,5-6,9-12H2,1H3,(H,19,24)/t13-,15+/m0/s1. The second kappa shape index (κ2) is 7.03. The predicted octanol–water partition coefficient (Wildman–Crippen LogP) is 2.07. The molecule has 6 heteroatoms. The van der Waals surface area contributed by atoms with Crippen molar-refractivity contribution in [3.05, 3.63) is 35.9 Å². The van der Waals surface area contributed by atoms with Crippen LogP contribution in [-0.4, -0.2) is 46.8 Å². The van der Waals surface area contributed by atoms with Gasteiger partial charge < -0.3 is 10.2 Å². The first-order chi connectivity index (χ1) is 11.6. The first kappa shape index (κ1) is 16.5. The molecule has 6 nitrogen and oxygen atoms in total. The first-order valence-electron chi connectivity index (χ1n) is 8.54. The molecule has 128 valence electrons. The Morgan fingerprint density at radius 1 is 1.21 bits per heavy atom. The van der Waals surface area contributed by atoms with Gasteiger partial charge in [-0.2, -0.15) is 0 Å². The van der Waals surface area contributed by atoms with Gasteiger partial charge >= 0.3 is 6.03 Å². The maximum atomic E-state index is 12.6. The van der Waals surface area contributed by atoms with Crippen molar-refractivity contribution >= 4 is 17.8 Å². The Morgan fingerprint density at radius 3 is 2.54 bits per heavy atom. The minimum Gasteiger partial charge on any atom is -0.343 e. The number of carbonyl (C=O) groups excluding carboxylic acids is 3. The molecule has 0 saturated carbocycles. The van der Waals surface area contributed by atoms with Gasteiger partial charge in [0.2, 0.25) is 5.91 Å². The number of rotatable bonds is 5. The molecule has 1 N–H and O–H groups in total. The van der Waals surface area contributed by atoms with Gasteiger partial charge in [0.1, 0.15) is 6.04 Å². The summed E-state index contributed by atoms with van der Waals surface area (Å²) < 4.78 is 0. The average Bonchev–Trinajstić information content (AvgIpc) is 3.22. The molecule has 3 rings (SSSR count). The zero-order valence-corrected chi connectivity index (χ0v) is 13.9. The number of nitrogens with one attached hydrogen (secondary N) is 1. The lowest BCUT2D eigenvalue weighted by Crippen LogP contribution is -2.34. The second-order valence-electron chi connectivity index (χ2n) is 6.42. The van der Waals surface area contributed by atoms with Crippen molar-refractivity contribution < 1.29 is 14.4 Å². The molecule has 2 aliphatic rings. The third kappa shape index (κ3) is 3.27. The third-order valence-electron chi connectivity index (χ3n) is 4.83. The maximum Gasteiger partial charge on any atom is 0.325 e. The van der Waals surface area contributed by atoms with Crippen molar-refractivity contribution in [1.29, 1.82) is 0 Å². The van der Waals surface area contributed by atoms with E-state index in [1.165, 1.54) is 4.90 Å². The molecule has 1 aromatic rings. The van der Waals surface area contributed by atoms with Crippen LogP contribution in [0.15, 0.2) is 30.3 Å². The topological polar surface area (TPSA) is 69.7 Å². The molecular weight excluding hydrogens is 306 g/mol. The van der Waals surface area contributed by atoms with Crippen LogP contribution < -0.4 is 5.32 Å². The first-order valence-corrected chi connectivity index (χ1v) is 8.54. The summed E-state index contributed by atoms with van der Waals surface area (Å²) in [6.07, 6.45) is 2.75. The predicted molar refractivity (Wildman–Crippen MR) is 89.1 cm³/mol. The number of likely N-dealkylation sites (tertiary alicyclic amines) is 1. The summed E-state index contributed by atoms with van der Waals surface area (Å²) in [5.74, 6) is -0.172. The highest BCUT2D eigenvalue weighted by Crippen LogP contribution is 2.25. The van der Waals surface area contributed by atoms with Gasteiger partial charge in [-0.15, -0.1) is 0 Å². The quantitative estimate of drug-likeness (QED) is 0.841. The molecule has 0 radical (unpaired) electrons. The summed E-state index contributed by atoms with van der Waals surface area (Å²) in [5, 5.41) is 2.72. The minimum absolute atomic E-state index is 0.0732. The van der Waals surface area contributed by atoms with E-state index in [-0.39, 0.29) is 23.9 Å². The smallest absolute Gasteiger partial charge is 0.325 e. The Kier molecular flexibility index (Phi) is 4.83. The Bertz CT molecular complexity index is 626. The monoisotopic (exact) mass is 329 g/mol. The molecule has 2 aliphatic heterocycles. The highest BCUT2D eigenvalue weighted by atomic mass is 16.2. The normalized spacial score (nSPS) is 22.0. The summed E-state index contributed by atoms with van der Waals surface area (Å²) in [7, 11) is 0. The second-order valence-corrected chi connectivity index (χ2v) is 6.42. The Balaban J connectivity index is 1.60. The number of hydrogen-bond donors (Lipinski definition) is 1. The molecule has 0 aromatic heterocycles. The molecule has 2 atom stereocenters. The lowest BCUT2D eigenvalue weighted by Gasteiger charge is -2.22. The molecule has 0 spiro atoms. The van der Waals surface area contributed by atoms with E-state index in [2.05, 4.69) is 5.32 Å². The lowest BCUT2D eigenvalue weighted by molar-refractivity contribution is -0.131. The van der Waals surface area contributed by atoms with Gasteiger partial charge in [-0.05, 0) is 31.7 Å². The van der Waals surface area contributed by atoms with E-state index in [9.17, 15) is 14.4 Å². The number of imide groups is 1. The van der Waals surface area contributed by atoms with Crippen LogP contribution in [0.3, 0.4) is 0 Å². The maximum absolute atomic E-state index is 12.6. The molecule has 0 unspecified atom stereocenters. The van der Waals surface area contributed by atoms with Gasteiger partial charge in [0.25, 0.3) is 5.91 Å². The van der Waals surface area contributed by atoms with Gasteiger partial charge in [-0.1, -0.05) is 30.3 Å². The van der Waals surface area contributed by atoms with Gasteiger partial charge in [-0.3, -0.25) is 14.5 Å². The molecule has 2 fully saturated rings. The SMILES string of the molecule is C[C@@H](c1ccccc1)N1C(=O)N[C@H](CCC(=O)N2CCCC2)C1=O. The van der Waals surface area contributed by atoms with E-state index >= 15 is 0 Å². The van der Waals surface area contributed by atoms with Crippen LogP contribution in [0.25, 0.3) is 0 Å². The zero-order valence-electron chi connectivity index (χ0n) is 13.9. The summed E-state index contributed by atoms with van der Waals surface area (Å²) in [6, 6.07) is 8.16. The molecule has 0 bridgehead atoms. The number of amides is 4. The molecule has 2 heterocycles. The van der Waals surface area contributed by atoms with E-state index in [0.29, 0.717) is 12.8 Å². The van der Waals surface area contributed by atoms with Crippen LogP contribution >= 0.6 is 0 Å². The minimum atomic E-state index is -0.602. The largest absolute Gasteiger partial charge is 0.343 e. The van der Waals surface area contributed by atoms with Crippen LogP contribution in [0.2, 0.25) is 0 Å². The number of carbonyl (C=O) groups is 3.